The fourth-order valence-electron chi connectivity index (χ4n) is 2.10. The largest absolute Gasteiger partial charge is 0.308 e. The highest BCUT2D eigenvalue weighted by Gasteiger charge is 2.16. The third-order valence-corrected chi connectivity index (χ3v) is 6.00. The summed E-state index contributed by atoms with van der Waals surface area (Å²) in [5.41, 5.74) is 1.09. The number of hydrogen-bond acceptors (Lipinski definition) is 6. The van der Waals surface area contributed by atoms with E-state index in [1.807, 2.05) is 19.2 Å². The number of sulfonamides is 1. The second-order valence-electron chi connectivity index (χ2n) is 5.25. The van der Waals surface area contributed by atoms with E-state index in [1.54, 1.807) is 47.3 Å². The summed E-state index contributed by atoms with van der Waals surface area (Å²) in [6.07, 6.45) is 3.53. The van der Waals surface area contributed by atoms with Gasteiger partial charge in [0.05, 0.1) is 11.4 Å². The van der Waals surface area contributed by atoms with Crippen LogP contribution in [0.3, 0.4) is 0 Å². The summed E-state index contributed by atoms with van der Waals surface area (Å²) < 4.78 is 28.8. The minimum absolute atomic E-state index is 0.0776. The molecule has 25 heavy (non-hydrogen) atoms. The molecule has 7 nitrogen and oxygen atoms in total. The smallest absolute Gasteiger partial charge is 0.240 e. The molecule has 0 aliphatic rings. The van der Waals surface area contributed by atoms with Gasteiger partial charge in [0, 0.05) is 25.2 Å². The fraction of sp³-hybridized carbons (Fsp3) is 0.188. The summed E-state index contributed by atoms with van der Waals surface area (Å²) >= 11 is 1.52. The Kier molecular flexibility index (Phi) is 5.47. The predicted octanol–water partition coefficient (Wildman–Crippen LogP) is 1.98. The van der Waals surface area contributed by atoms with Crippen LogP contribution >= 0.6 is 11.8 Å². The zero-order valence-electron chi connectivity index (χ0n) is 13.5. The van der Waals surface area contributed by atoms with Gasteiger partial charge in [0.15, 0.2) is 5.16 Å². The van der Waals surface area contributed by atoms with Gasteiger partial charge in [-0.15, -0.1) is 10.2 Å². The van der Waals surface area contributed by atoms with E-state index in [-0.39, 0.29) is 11.4 Å². The van der Waals surface area contributed by atoms with Gasteiger partial charge in [-0.1, -0.05) is 36.0 Å². The molecule has 9 heteroatoms. The van der Waals surface area contributed by atoms with Gasteiger partial charge in [0.1, 0.15) is 5.82 Å². The Morgan fingerprint density at radius 1 is 1.12 bits per heavy atom. The van der Waals surface area contributed by atoms with Crippen molar-refractivity contribution in [2.45, 2.75) is 22.3 Å². The van der Waals surface area contributed by atoms with Crippen molar-refractivity contribution in [1.29, 1.82) is 0 Å². The van der Waals surface area contributed by atoms with Crippen LogP contribution in [0.1, 0.15) is 11.4 Å². The molecule has 0 aliphatic carbocycles. The Bertz CT molecular complexity index is 928. The lowest BCUT2D eigenvalue weighted by molar-refractivity contribution is 0.576. The second-order valence-corrected chi connectivity index (χ2v) is 7.95. The molecule has 0 bridgehead atoms. The molecule has 0 saturated heterocycles. The lowest BCUT2D eigenvalue weighted by Crippen LogP contribution is -2.24. The number of nitrogens with zero attached hydrogens (tertiary/aromatic N) is 4. The first-order valence-electron chi connectivity index (χ1n) is 7.51. The summed E-state index contributed by atoms with van der Waals surface area (Å²) in [6, 6.07) is 12.1. The Morgan fingerprint density at radius 2 is 1.92 bits per heavy atom. The molecule has 1 N–H and O–H groups in total. The van der Waals surface area contributed by atoms with E-state index < -0.39 is 10.0 Å². The van der Waals surface area contributed by atoms with Crippen molar-refractivity contribution >= 4 is 21.8 Å². The average molecular weight is 375 g/mol. The zero-order valence-corrected chi connectivity index (χ0v) is 15.2. The summed E-state index contributed by atoms with van der Waals surface area (Å²) in [4.78, 5) is 4.30. The van der Waals surface area contributed by atoms with Crippen molar-refractivity contribution in [2.24, 2.45) is 7.05 Å². The molecule has 0 saturated carbocycles. The van der Waals surface area contributed by atoms with Gasteiger partial charge in [-0.25, -0.2) is 13.1 Å². The monoisotopic (exact) mass is 375 g/mol. The Hall–Kier alpha value is -2.23. The van der Waals surface area contributed by atoms with Crippen LogP contribution in [0, 0.1) is 0 Å². The first kappa shape index (κ1) is 17.6. The van der Waals surface area contributed by atoms with E-state index in [2.05, 4.69) is 19.9 Å². The standard InChI is InChI=1S/C16H17N5O2S2/c1-21-15(11-18-25(22,23)14-7-3-2-4-8-14)19-20-16(21)24-12-13-6-5-9-17-10-13/h2-10,18H,11-12H2,1H3. The molecule has 3 rings (SSSR count). The van der Waals surface area contributed by atoms with Gasteiger partial charge in [0.25, 0.3) is 0 Å². The highest BCUT2D eigenvalue weighted by molar-refractivity contribution is 7.98. The topological polar surface area (TPSA) is 89.8 Å². The molecule has 130 valence electrons. The fourth-order valence-corrected chi connectivity index (χ4v) is 3.96. The van der Waals surface area contributed by atoms with E-state index in [0.29, 0.717) is 5.82 Å². The van der Waals surface area contributed by atoms with Gasteiger partial charge in [-0.3, -0.25) is 4.98 Å². The van der Waals surface area contributed by atoms with Gasteiger partial charge in [-0.05, 0) is 23.8 Å². The molecule has 0 spiro atoms. The zero-order chi connectivity index (χ0) is 17.7. The highest BCUT2D eigenvalue weighted by Crippen LogP contribution is 2.20. The number of aromatic nitrogens is 4. The van der Waals surface area contributed by atoms with Crippen molar-refractivity contribution in [3.8, 4) is 0 Å². The molecule has 0 fully saturated rings. The molecule has 0 unspecified atom stereocenters. The SMILES string of the molecule is Cn1c(CNS(=O)(=O)c2ccccc2)nnc1SCc1cccnc1. The number of hydrogen-bond donors (Lipinski definition) is 1. The van der Waals surface area contributed by atoms with E-state index in [4.69, 9.17) is 0 Å². The van der Waals surface area contributed by atoms with Crippen molar-refractivity contribution < 1.29 is 8.42 Å². The third-order valence-electron chi connectivity index (χ3n) is 3.49. The van der Waals surface area contributed by atoms with Crippen molar-refractivity contribution in [1.82, 2.24) is 24.5 Å². The maximum Gasteiger partial charge on any atom is 0.240 e. The van der Waals surface area contributed by atoms with Crippen molar-refractivity contribution in [2.75, 3.05) is 0 Å². The molecule has 2 heterocycles. The van der Waals surface area contributed by atoms with Crippen molar-refractivity contribution in [3.05, 3.63) is 66.2 Å². The minimum Gasteiger partial charge on any atom is -0.308 e. The molecule has 0 amide bonds. The summed E-state index contributed by atoms with van der Waals surface area (Å²) in [6.45, 7) is 0.0776. The van der Waals surface area contributed by atoms with Crippen LogP contribution in [0.15, 0.2) is 64.9 Å². The quantitative estimate of drug-likeness (QED) is 0.635. The van der Waals surface area contributed by atoms with Crippen LogP contribution in [-0.4, -0.2) is 28.2 Å². The van der Waals surface area contributed by atoms with E-state index in [1.165, 1.54) is 11.8 Å². The molecular formula is C16H17N5O2S2. The van der Waals surface area contributed by atoms with Crippen LogP contribution in [-0.2, 0) is 29.4 Å². The maximum atomic E-state index is 12.3. The Morgan fingerprint density at radius 3 is 2.64 bits per heavy atom. The number of rotatable bonds is 7. The van der Waals surface area contributed by atoms with Crippen LogP contribution in [0.5, 0.6) is 0 Å². The second kappa shape index (κ2) is 7.77. The van der Waals surface area contributed by atoms with E-state index in [0.717, 1.165) is 16.5 Å². The first-order chi connectivity index (χ1) is 12.1. The summed E-state index contributed by atoms with van der Waals surface area (Å²) in [5, 5.41) is 8.92. The molecule has 1 aromatic carbocycles. The predicted molar refractivity (Wildman–Crippen MR) is 95.3 cm³/mol. The van der Waals surface area contributed by atoms with Gasteiger partial charge in [-0.2, -0.15) is 0 Å². The van der Waals surface area contributed by atoms with Crippen LogP contribution in [0.4, 0.5) is 0 Å². The molecule has 3 aromatic rings. The van der Waals surface area contributed by atoms with Gasteiger partial charge >= 0.3 is 0 Å². The molecule has 2 aromatic heterocycles. The van der Waals surface area contributed by atoms with Crippen LogP contribution < -0.4 is 4.72 Å². The third kappa shape index (κ3) is 4.44. The first-order valence-corrected chi connectivity index (χ1v) is 9.98. The maximum absolute atomic E-state index is 12.3. The number of nitrogens with one attached hydrogen (secondary N) is 1. The lowest BCUT2D eigenvalue weighted by atomic mass is 10.3. The van der Waals surface area contributed by atoms with E-state index >= 15 is 0 Å². The molecular weight excluding hydrogens is 358 g/mol. The molecule has 0 atom stereocenters. The van der Waals surface area contributed by atoms with Crippen LogP contribution in [0.25, 0.3) is 0 Å². The average Bonchev–Trinajstić information content (AvgIpc) is 3.00. The number of thioether (sulfide) groups is 1. The molecule has 0 radical (unpaired) electrons. The van der Waals surface area contributed by atoms with Gasteiger partial charge < -0.3 is 4.57 Å². The lowest BCUT2D eigenvalue weighted by Gasteiger charge is -2.07. The Labute approximate surface area is 150 Å². The number of pyridine rings is 1. The molecule has 0 aliphatic heterocycles. The summed E-state index contributed by atoms with van der Waals surface area (Å²) in [5.74, 6) is 1.27. The normalized spacial score (nSPS) is 11.6. The van der Waals surface area contributed by atoms with Crippen molar-refractivity contribution in [3.63, 3.8) is 0 Å². The highest BCUT2D eigenvalue weighted by atomic mass is 32.2. The van der Waals surface area contributed by atoms with Crippen LogP contribution in [0.2, 0.25) is 0 Å². The Balaban J connectivity index is 1.63. The number of benzene rings is 1. The summed E-state index contributed by atoms with van der Waals surface area (Å²) in [7, 11) is -1.75. The van der Waals surface area contributed by atoms with E-state index in [9.17, 15) is 8.42 Å². The minimum atomic E-state index is -3.57. The van der Waals surface area contributed by atoms with Gasteiger partial charge in [0.2, 0.25) is 10.0 Å².